The van der Waals surface area contributed by atoms with Crippen molar-refractivity contribution in [1.82, 2.24) is 15.5 Å². The fourth-order valence-electron chi connectivity index (χ4n) is 3.14. The number of carbonyl (C=O) groups excluding carboxylic acids is 3. The molecule has 4 atom stereocenters. The van der Waals surface area contributed by atoms with E-state index >= 15 is 0 Å². The molecule has 1 saturated heterocycles. The van der Waals surface area contributed by atoms with Gasteiger partial charge in [-0.05, 0) is 37.7 Å². The Bertz CT molecular complexity index is 677. The molecule has 31 heavy (non-hydrogen) atoms. The lowest BCUT2D eigenvalue weighted by molar-refractivity contribution is -0.149. The maximum atomic E-state index is 12.9. The van der Waals surface area contributed by atoms with Crippen molar-refractivity contribution in [1.29, 1.82) is 0 Å². The molecule has 3 amide bonds. The SMILES string of the molecule is CSCCC(NC(=O)C(CO)NC(=O)C(N)CCC(=O)O)C(=O)N1CCCC1C(=O)O. The van der Waals surface area contributed by atoms with Crippen LogP contribution in [0.3, 0.4) is 0 Å². The fraction of sp³-hybridized carbons (Fsp3) is 0.722. The third-order valence-corrected chi connectivity index (χ3v) is 5.51. The van der Waals surface area contributed by atoms with Crippen molar-refractivity contribution in [3.63, 3.8) is 0 Å². The molecule has 0 saturated carbocycles. The van der Waals surface area contributed by atoms with Gasteiger partial charge in [0.2, 0.25) is 17.7 Å². The Hall–Kier alpha value is -2.38. The van der Waals surface area contributed by atoms with Gasteiger partial charge in [0.15, 0.2) is 0 Å². The monoisotopic (exact) mass is 462 g/mol. The number of hydrogen-bond donors (Lipinski definition) is 6. The topological polar surface area (TPSA) is 199 Å². The van der Waals surface area contributed by atoms with Crippen LogP contribution in [-0.4, -0.2) is 99.2 Å². The number of carboxylic acids is 2. The number of nitrogens with zero attached hydrogens (tertiary/aromatic N) is 1. The summed E-state index contributed by atoms with van der Waals surface area (Å²) in [5.41, 5.74) is 5.60. The summed E-state index contributed by atoms with van der Waals surface area (Å²) < 4.78 is 0. The van der Waals surface area contributed by atoms with Gasteiger partial charge in [0, 0.05) is 13.0 Å². The molecule has 0 aliphatic carbocycles. The zero-order valence-corrected chi connectivity index (χ0v) is 18.1. The molecule has 0 radical (unpaired) electrons. The molecule has 13 heteroatoms. The van der Waals surface area contributed by atoms with E-state index in [1.165, 1.54) is 16.7 Å². The van der Waals surface area contributed by atoms with Crippen LogP contribution in [0.2, 0.25) is 0 Å². The van der Waals surface area contributed by atoms with Crippen LogP contribution in [0.4, 0.5) is 0 Å². The predicted molar refractivity (Wildman–Crippen MR) is 111 cm³/mol. The number of aliphatic hydroxyl groups is 1. The van der Waals surface area contributed by atoms with E-state index in [-0.39, 0.29) is 25.8 Å². The van der Waals surface area contributed by atoms with Gasteiger partial charge < -0.3 is 36.6 Å². The molecule has 0 spiro atoms. The number of aliphatic carboxylic acids is 2. The van der Waals surface area contributed by atoms with E-state index in [1.54, 1.807) is 0 Å². The molecule has 1 aliphatic rings. The molecule has 1 fully saturated rings. The third-order valence-electron chi connectivity index (χ3n) is 4.87. The highest BCUT2D eigenvalue weighted by Gasteiger charge is 2.38. The number of amides is 3. The van der Waals surface area contributed by atoms with Gasteiger partial charge in [-0.3, -0.25) is 19.2 Å². The quantitative estimate of drug-likeness (QED) is 0.177. The summed E-state index contributed by atoms with van der Waals surface area (Å²) in [6, 6.07) is -4.57. The summed E-state index contributed by atoms with van der Waals surface area (Å²) in [6.07, 6.45) is 2.42. The maximum Gasteiger partial charge on any atom is 0.326 e. The third kappa shape index (κ3) is 8.34. The molecule has 0 aromatic heterocycles. The molecule has 7 N–H and O–H groups in total. The first-order chi connectivity index (χ1) is 14.6. The second-order valence-electron chi connectivity index (χ2n) is 7.15. The minimum atomic E-state index is -1.40. The van der Waals surface area contributed by atoms with Gasteiger partial charge in [-0.25, -0.2) is 4.79 Å². The first kappa shape index (κ1) is 26.7. The minimum absolute atomic E-state index is 0.151. The van der Waals surface area contributed by atoms with Crippen molar-refractivity contribution in [2.24, 2.45) is 5.73 Å². The Morgan fingerprint density at radius 2 is 1.74 bits per heavy atom. The van der Waals surface area contributed by atoms with Crippen molar-refractivity contribution in [2.45, 2.75) is 56.3 Å². The van der Waals surface area contributed by atoms with Crippen molar-refractivity contribution in [3.05, 3.63) is 0 Å². The van der Waals surface area contributed by atoms with Crippen LogP contribution in [0.25, 0.3) is 0 Å². The highest BCUT2D eigenvalue weighted by atomic mass is 32.2. The van der Waals surface area contributed by atoms with Crippen molar-refractivity contribution < 1.29 is 39.3 Å². The van der Waals surface area contributed by atoms with Crippen LogP contribution in [0.1, 0.15) is 32.1 Å². The number of likely N-dealkylation sites (tertiary alicyclic amines) is 1. The van der Waals surface area contributed by atoms with Crippen LogP contribution in [0, 0.1) is 0 Å². The number of nitrogens with two attached hydrogens (primary N) is 1. The Labute approximate surface area is 183 Å². The van der Waals surface area contributed by atoms with Gasteiger partial charge >= 0.3 is 11.9 Å². The van der Waals surface area contributed by atoms with Crippen LogP contribution >= 0.6 is 11.8 Å². The van der Waals surface area contributed by atoms with Crippen LogP contribution in [0.5, 0.6) is 0 Å². The van der Waals surface area contributed by atoms with Gasteiger partial charge in [0.05, 0.1) is 12.6 Å². The Kier molecular flexibility index (Phi) is 11.3. The predicted octanol–water partition coefficient (Wildman–Crippen LogP) is -2.03. The summed E-state index contributed by atoms with van der Waals surface area (Å²) in [4.78, 5) is 60.8. The maximum absolute atomic E-state index is 12.9. The van der Waals surface area contributed by atoms with E-state index in [1.807, 2.05) is 6.26 Å². The lowest BCUT2D eigenvalue weighted by Crippen LogP contribution is -2.58. The van der Waals surface area contributed by atoms with Crippen molar-refractivity contribution >= 4 is 41.4 Å². The lowest BCUT2D eigenvalue weighted by Gasteiger charge is -2.28. The standard InChI is InChI=1S/C18H30N4O8S/c1-31-8-6-11(17(28)22-7-2-3-13(22)18(29)30)20-16(27)12(9-23)21-15(26)10(19)4-5-14(24)25/h10-13,23H,2-9,19H2,1H3,(H,20,27)(H,21,26)(H,24,25)(H,29,30). The molecule has 0 aromatic rings. The minimum Gasteiger partial charge on any atom is -0.481 e. The van der Waals surface area contributed by atoms with E-state index in [0.29, 0.717) is 18.6 Å². The molecular formula is C18H30N4O8S. The average molecular weight is 463 g/mol. The molecule has 1 heterocycles. The Morgan fingerprint density at radius 1 is 1.10 bits per heavy atom. The highest BCUT2D eigenvalue weighted by Crippen LogP contribution is 2.19. The van der Waals surface area contributed by atoms with E-state index < -0.39 is 60.4 Å². The van der Waals surface area contributed by atoms with E-state index in [2.05, 4.69) is 10.6 Å². The van der Waals surface area contributed by atoms with Crippen LogP contribution in [0.15, 0.2) is 0 Å². The number of rotatable bonds is 13. The number of aliphatic hydroxyl groups excluding tert-OH is 1. The first-order valence-electron chi connectivity index (χ1n) is 9.83. The smallest absolute Gasteiger partial charge is 0.326 e. The van der Waals surface area contributed by atoms with Gasteiger partial charge in [0.1, 0.15) is 18.1 Å². The summed E-state index contributed by atoms with van der Waals surface area (Å²) in [5, 5.41) is 32.2. The zero-order valence-electron chi connectivity index (χ0n) is 17.3. The number of carboxylic acid groups (broad SMARTS) is 2. The summed E-state index contributed by atoms with van der Waals surface area (Å²) in [6.45, 7) is -0.506. The fourth-order valence-corrected chi connectivity index (χ4v) is 3.61. The van der Waals surface area contributed by atoms with Crippen molar-refractivity contribution in [2.75, 3.05) is 25.2 Å². The number of nitrogens with one attached hydrogen (secondary N) is 2. The first-order valence-corrected chi connectivity index (χ1v) is 11.2. The summed E-state index contributed by atoms with van der Waals surface area (Å²) in [5.74, 6) is -3.90. The van der Waals surface area contributed by atoms with Crippen molar-refractivity contribution in [3.8, 4) is 0 Å². The van der Waals surface area contributed by atoms with E-state index in [4.69, 9.17) is 10.8 Å². The second-order valence-corrected chi connectivity index (χ2v) is 8.14. The van der Waals surface area contributed by atoms with E-state index in [9.17, 15) is 34.2 Å². The normalized spacial score (nSPS) is 18.7. The molecule has 0 aromatic carbocycles. The molecule has 1 rings (SSSR count). The molecule has 176 valence electrons. The van der Waals surface area contributed by atoms with Gasteiger partial charge in [-0.2, -0.15) is 11.8 Å². The molecule has 4 unspecified atom stereocenters. The number of hydrogen-bond acceptors (Lipinski definition) is 8. The lowest BCUT2D eigenvalue weighted by atomic mass is 10.1. The van der Waals surface area contributed by atoms with Gasteiger partial charge in [0.25, 0.3) is 0 Å². The zero-order chi connectivity index (χ0) is 23.6. The van der Waals surface area contributed by atoms with Gasteiger partial charge in [-0.1, -0.05) is 0 Å². The molecule has 0 bridgehead atoms. The average Bonchev–Trinajstić information content (AvgIpc) is 3.22. The van der Waals surface area contributed by atoms with E-state index in [0.717, 1.165) is 0 Å². The van der Waals surface area contributed by atoms with Crippen LogP contribution in [-0.2, 0) is 24.0 Å². The van der Waals surface area contributed by atoms with Crippen LogP contribution < -0.4 is 16.4 Å². The summed E-state index contributed by atoms with van der Waals surface area (Å²) in [7, 11) is 0. The Balaban J connectivity index is 2.81. The Morgan fingerprint density at radius 3 is 2.29 bits per heavy atom. The highest BCUT2D eigenvalue weighted by molar-refractivity contribution is 7.98. The number of thioether (sulfide) groups is 1. The van der Waals surface area contributed by atoms with Gasteiger partial charge in [-0.15, -0.1) is 0 Å². The largest absolute Gasteiger partial charge is 0.481 e. The summed E-state index contributed by atoms with van der Waals surface area (Å²) >= 11 is 1.44. The molecule has 12 nitrogen and oxygen atoms in total. The molecule has 1 aliphatic heterocycles. The second kappa shape index (κ2) is 13.1. The molecular weight excluding hydrogens is 432 g/mol. The number of carbonyl (C=O) groups is 5.